The van der Waals surface area contributed by atoms with Crippen molar-refractivity contribution in [3.63, 3.8) is 0 Å². The Morgan fingerprint density at radius 3 is 2.50 bits per heavy atom. The van der Waals surface area contributed by atoms with Gasteiger partial charge in [0.2, 0.25) is 5.75 Å². The third-order valence-electron chi connectivity index (χ3n) is 3.77. The maximum atomic E-state index is 6.40. The lowest BCUT2D eigenvalue weighted by molar-refractivity contribution is 0.317. The highest BCUT2D eigenvalue weighted by Gasteiger charge is 2.23. The molecule has 5 heteroatoms. The van der Waals surface area contributed by atoms with Crippen LogP contribution in [0.15, 0.2) is 6.07 Å². The van der Waals surface area contributed by atoms with E-state index in [4.69, 9.17) is 25.8 Å². The third-order valence-corrected chi connectivity index (χ3v) is 4.11. The van der Waals surface area contributed by atoms with Crippen LogP contribution in [0.2, 0.25) is 5.02 Å². The highest BCUT2D eigenvalue weighted by molar-refractivity contribution is 6.31. The van der Waals surface area contributed by atoms with Crippen LogP contribution in [0.1, 0.15) is 18.4 Å². The molecule has 20 heavy (non-hydrogen) atoms. The first-order valence-electron chi connectivity index (χ1n) is 6.89. The summed E-state index contributed by atoms with van der Waals surface area (Å²) in [5.74, 6) is 2.47. The molecule has 0 bridgehead atoms. The monoisotopic (exact) mass is 299 g/mol. The van der Waals surface area contributed by atoms with Crippen molar-refractivity contribution in [2.45, 2.75) is 19.3 Å². The minimum atomic E-state index is 0.577. The average Bonchev–Trinajstić information content (AvgIpc) is 2.49. The first-order valence-corrected chi connectivity index (χ1v) is 7.27. The summed E-state index contributed by atoms with van der Waals surface area (Å²) >= 11 is 6.40. The van der Waals surface area contributed by atoms with Gasteiger partial charge in [-0.05, 0) is 38.3 Å². The van der Waals surface area contributed by atoms with Crippen molar-refractivity contribution in [3.05, 3.63) is 16.7 Å². The van der Waals surface area contributed by atoms with Gasteiger partial charge in [0, 0.05) is 11.6 Å². The number of nitrogens with one attached hydrogen (secondary N) is 1. The number of piperidine rings is 1. The van der Waals surface area contributed by atoms with E-state index < -0.39 is 0 Å². The minimum absolute atomic E-state index is 0.577. The molecule has 0 saturated carbocycles. The molecule has 4 nitrogen and oxygen atoms in total. The molecule has 112 valence electrons. The van der Waals surface area contributed by atoms with Gasteiger partial charge in [0.15, 0.2) is 11.5 Å². The molecule has 1 fully saturated rings. The van der Waals surface area contributed by atoms with Crippen LogP contribution in [0.3, 0.4) is 0 Å². The molecule has 2 rings (SSSR count). The summed E-state index contributed by atoms with van der Waals surface area (Å²) in [6.07, 6.45) is 3.30. The number of ether oxygens (including phenoxy) is 3. The summed E-state index contributed by atoms with van der Waals surface area (Å²) in [5.41, 5.74) is 1.00. The normalized spacial score (nSPS) is 18.7. The maximum Gasteiger partial charge on any atom is 0.203 e. The van der Waals surface area contributed by atoms with Gasteiger partial charge in [0.1, 0.15) is 0 Å². The Labute approximate surface area is 125 Å². The van der Waals surface area contributed by atoms with E-state index in [-0.39, 0.29) is 0 Å². The molecule has 0 aliphatic carbocycles. The van der Waals surface area contributed by atoms with Gasteiger partial charge in [-0.3, -0.25) is 0 Å². The number of rotatable bonds is 5. The Bertz CT molecular complexity index is 459. The second-order valence-electron chi connectivity index (χ2n) is 5.02. The highest BCUT2D eigenvalue weighted by atomic mass is 35.5. The van der Waals surface area contributed by atoms with Crippen LogP contribution in [0, 0.1) is 5.92 Å². The van der Waals surface area contributed by atoms with Gasteiger partial charge in [-0.2, -0.15) is 0 Å². The molecule has 0 amide bonds. The van der Waals surface area contributed by atoms with Crippen LogP contribution in [-0.4, -0.2) is 34.4 Å². The zero-order valence-electron chi connectivity index (χ0n) is 12.3. The van der Waals surface area contributed by atoms with Crippen LogP contribution in [0.5, 0.6) is 17.2 Å². The molecule has 1 saturated heterocycles. The molecule has 1 atom stereocenters. The van der Waals surface area contributed by atoms with E-state index in [9.17, 15) is 0 Å². The molecular formula is C15H22ClNO3. The Kier molecular flexibility index (Phi) is 5.38. The second-order valence-corrected chi connectivity index (χ2v) is 5.43. The summed E-state index contributed by atoms with van der Waals surface area (Å²) in [6, 6.07) is 1.80. The van der Waals surface area contributed by atoms with Crippen LogP contribution in [0.25, 0.3) is 0 Å². The van der Waals surface area contributed by atoms with Crippen LogP contribution in [0.4, 0.5) is 0 Å². The molecule has 1 aromatic rings. The largest absolute Gasteiger partial charge is 0.493 e. The molecule has 1 aromatic carbocycles. The van der Waals surface area contributed by atoms with Crippen LogP contribution >= 0.6 is 11.6 Å². The summed E-state index contributed by atoms with van der Waals surface area (Å²) < 4.78 is 16.2. The van der Waals surface area contributed by atoms with Crippen molar-refractivity contribution in [2.75, 3.05) is 34.4 Å². The smallest absolute Gasteiger partial charge is 0.203 e. The SMILES string of the molecule is COc1cc(Cl)c(CC2CCCNC2)c(OC)c1OC. The predicted octanol–water partition coefficient (Wildman–Crippen LogP) is 2.91. The van der Waals surface area contributed by atoms with Gasteiger partial charge in [0.25, 0.3) is 0 Å². The Hall–Kier alpha value is -1.13. The van der Waals surface area contributed by atoms with Gasteiger partial charge in [-0.25, -0.2) is 0 Å². The standard InChI is InChI=1S/C15H22ClNO3/c1-18-13-8-12(16)11(14(19-2)15(13)20-3)7-10-5-4-6-17-9-10/h8,10,17H,4-7,9H2,1-3H3. The number of benzene rings is 1. The van der Waals surface area contributed by atoms with E-state index in [2.05, 4.69) is 5.32 Å². The molecule has 1 unspecified atom stereocenters. The average molecular weight is 300 g/mol. The van der Waals surface area contributed by atoms with E-state index in [1.807, 2.05) is 0 Å². The zero-order valence-corrected chi connectivity index (χ0v) is 13.0. The molecule has 1 N–H and O–H groups in total. The van der Waals surface area contributed by atoms with E-state index in [0.29, 0.717) is 28.2 Å². The quantitative estimate of drug-likeness (QED) is 0.907. The molecular weight excluding hydrogens is 278 g/mol. The fourth-order valence-corrected chi connectivity index (χ4v) is 3.03. The first kappa shape index (κ1) is 15.3. The van der Waals surface area contributed by atoms with Crippen molar-refractivity contribution < 1.29 is 14.2 Å². The maximum absolute atomic E-state index is 6.40. The summed E-state index contributed by atoms with van der Waals surface area (Å²) in [7, 11) is 4.84. The number of hydrogen-bond donors (Lipinski definition) is 1. The lowest BCUT2D eigenvalue weighted by Crippen LogP contribution is -2.31. The zero-order chi connectivity index (χ0) is 14.5. The molecule has 1 aliphatic rings. The van der Waals surface area contributed by atoms with Gasteiger partial charge in [0.05, 0.1) is 26.4 Å². The van der Waals surface area contributed by atoms with Crippen LogP contribution < -0.4 is 19.5 Å². The predicted molar refractivity (Wildman–Crippen MR) is 80.4 cm³/mol. The van der Waals surface area contributed by atoms with Gasteiger partial charge in [-0.1, -0.05) is 11.6 Å². The molecule has 1 heterocycles. The highest BCUT2D eigenvalue weighted by Crippen LogP contribution is 2.44. The summed E-state index contributed by atoms with van der Waals surface area (Å²) in [4.78, 5) is 0. The molecule has 0 aromatic heterocycles. The summed E-state index contributed by atoms with van der Waals surface area (Å²) in [5, 5.41) is 4.09. The van der Waals surface area contributed by atoms with Crippen molar-refractivity contribution in [3.8, 4) is 17.2 Å². The van der Waals surface area contributed by atoms with Crippen molar-refractivity contribution in [1.82, 2.24) is 5.32 Å². The Balaban J connectivity index is 2.35. The van der Waals surface area contributed by atoms with Gasteiger partial charge >= 0.3 is 0 Å². The van der Waals surface area contributed by atoms with E-state index >= 15 is 0 Å². The van der Waals surface area contributed by atoms with Gasteiger partial charge < -0.3 is 19.5 Å². The minimum Gasteiger partial charge on any atom is -0.493 e. The first-order chi connectivity index (χ1) is 9.71. The van der Waals surface area contributed by atoms with Crippen molar-refractivity contribution in [1.29, 1.82) is 0 Å². The Morgan fingerprint density at radius 1 is 1.20 bits per heavy atom. The van der Waals surface area contributed by atoms with Crippen molar-refractivity contribution in [2.24, 2.45) is 5.92 Å². The van der Waals surface area contributed by atoms with Crippen molar-refractivity contribution >= 4 is 11.6 Å². The molecule has 0 radical (unpaired) electrons. The third kappa shape index (κ3) is 3.13. The number of hydrogen-bond acceptors (Lipinski definition) is 4. The topological polar surface area (TPSA) is 39.7 Å². The lowest BCUT2D eigenvalue weighted by Gasteiger charge is -2.25. The lowest BCUT2D eigenvalue weighted by atomic mass is 9.91. The van der Waals surface area contributed by atoms with E-state index in [1.54, 1.807) is 27.4 Å². The molecule has 1 aliphatic heterocycles. The van der Waals surface area contributed by atoms with Gasteiger partial charge in [-0.15, -0.1) is 0 Å². The Morgan fingerprint density at radius 2 is 1.95 bits per heavy atom. The fraction of sp³-hybridized carbons (Fsp3) is 0.600. The number of methoxy groups -OCH3 is 3. The fourth-order valence-electron chi connectivity index (χ4n) is 2.76. The molecule has 0 spiro atoms. The summed E-state index contributed by atoms with van der Waals surface area (Å²) in [6.45, 7) is 2.13. The van der Waals surface area contributed by atoms with E-state index in [0.717, 1.165) is 25.1 Å². The second kappa shape index (κ2) is 7.04. The van der Waals surface area contributed by atoms with Crippen LogP contribution in [-0.2, 0) is 6.42 Å². The number of halogens is 1. The van der Waals surface area contributed by atoms with E-state index in [1.165, 1.54) is 12.8 Å².